The maximum absolute atomic E-state index is 13.2. The SMILES string of the molecule is CC(C)Oc1cc(CN(C(=O)c2ccn(C3CCCNC3)n2)C2CC2)ccn1.Cl. The molecule has 1 amide bonds. The number of rotatable bonds is 7. The summed E-state index contributed by atoms with van der Waals surface area (Å²) in [6, 6.07) is 6.36. The molecule has 29 heavy (non-hydrogen) atoms. The summed E-state index contributed by atoms with van der Waals surface area (Å²) in [4.78, 5) is 19.4. The summed E-state index contributed by atoms with van der Waals surface area (Å²) in [6.07, 6.45) is 8.11. The first-order valence-corrected chi connectivity index (χ1v) is 10.3. The van der Waals surface area contributed by atoms with Crippen molar-refractivity contribution in [1.29, 1.82) is 0 Å². The standard InChI is InChI=1S/C21H29N5O2.ClH/c1-15(2)28-20-12-16(7-10-23-20)14-25(17-5-6-17)21(27)19-8-11-26(24-19)18-4-3-9-22-13-18;/h7-8,10-12,15,17-18,22H,3-6,9,13-14H2,1-2H3;1H. The molecule has 0 radical (unpaired) electrons. The van der Waals surface area contributed by atoms with Crippen LogP contribution >= 0.6 is 12.4 Å². The van der Waals surface area contributed by atoms with Gasteiger partial charge in [0.25, 0.3) is 5.91 Å². The maximum atomic E-state index is 13.2. The van der Waals surface area contributed by atoms with Gasteiger partial charge in [0.1, 0.15) is 5.69 Å². The smallest absolute Gasteiger partial charge is 0.274 e. The molecule has 1 saturated heterocycles. The topological polar surface area (TPSA) is 72.3 Å². The Morgan fingerprint density at radius 2 is 2.17 bits per heavy atom. The number of pyridine rings is 1. The maximum Gasteiger partial charge on any atom is 0.274 e. The van der Waals surface area contributed by atoms with E-state index in [0.717, 1.165) is 44.3 Å². The highest BCUT2D eigenvalue weighted by Gasteiger charge is 2.34. The molecule has 158 valence electrons. The van der Waals surface area contributed by atoms with Gasteiger partial charge in [-0.2, -0.15) is 5.10 Å². The molecule has 1 unspecified atom stereocenters. The molecule has 2 aliphatic rings. The lowest BCUT2D eigenvalue weighted by molar-refractivity contribution is 0.0722. The van der Waals surface area contributed by atoms with Crippen LogP contribution in [-0.4, -0.2) is 50.8 Å². The minimum atomic E-state index is 0. The van der Waals surface area contributed by atoms with E-state index in [1.165, 1.54) is 0 Å². The monoisotopic (exact) mass is 419 g/mol. The van der Waals surface area contributed by atoms with Crippen LogP contribution in [0, 0.1) is 0 Å². The van der Waals surface area contributed by atoms with E-state index < -0.39 is 0 Å². The number of nitrogens with one attached hydrogen (secondary N) is 1. The number of nitrogens with zero attached hydrogens (tertiary/aromatic N) is 4. The molecule has 0 spiro atoms. The van der Waals surface area contributed by atoms with Crippen LogP contribution in [0.4, 0.5) is 0 Å². The molecule has 1 aliphatic heterocycles. The van der Waals surface area contributed by atoms with Gasteiger partial charge in [0.2, 0.25) is 5.88 Å². The summed E-state index contributed by atoms with van der Waals surface area (Å²) in [5.41, 5.74) is 1.56. The van der Waals surface area contributed by atoms with Crippen LogP contribution in [0.5, 0.6) is 5.88 Å². The fourth-order valence-corrected chi connectivity index (χ4v) is 3.67. The third-order valence-corrected chi connectivity index (χ3v) is 5.23. The largest absolute Gasteiger partial charge is 0.475 e. The summed E-state index contributed by atoms with van der Waals surface area (Å²) < 4.78 is 7.64. The van der Waals surface area contributed by atoms with Crippen LogP contribution in [0.2, 0.25) is 0 Å². The molecule has 1 N–H and O–H groups in total. The average molecular weight is 420 g/mol. The van der Waals surface area contributed by atoms with Crippen molar-refractivity contribution >= 4 is 18.3 Å². The van der Waals surface area contributed by atoms with Gasteiger partial charge in [0.15, 0.2) is 0 Å². The van der Waals surface area contributed by atoms with Crippen LogP contribution in [0.15, 0.2) is 30.6 Å². The third-order valence-electron chi connectivity index (χ3n) is 5.23. The van der Waals surface area contributed by atoms with Crippen molar-refractivity contribution in [3.8, 4) is 5.88 Å². The number of carbonyl (C=O) groups is 1. The van der Waals surface area contributed by atoms with Gasteiger partial charge in [-0.25, -0.2) is 4.98 Å². The fourth-order valence-electron chi connectivity index (χ4n) is 3.67. The molecule has 1 aliphatic carbocycles. The molecule has 2 aromatic heterocycles. The molecule has 2 fully saturated rings. The van der Waals surface area contributed by atoms with Crippen LogP contribution in [0.3, 0.4) is 0 Å². The van der Waals surface area contributed by atoms with E-state index in [1.807, 2.05) is 47.8 Å². The number of piperidine rings is 1. The van der Waals surface area contributed by atoms with Gasteiger partial charge < -0.3 is 15.0 Å². The second-order valence-corrected chi connectivity index (χ2v) is 8.01. The van der Waals surface area contributed by atoms with Crippen molar-refractivity contribution in [1.82, 2.24) is 25.0 Å². The Morgan fingerprint density at radius 1 is 1.34 bits per heavy atom. The second kappa shape index (κ2) is 9.59. The molecule has 3 heterocycles. The van der Waals surface area contributed by atoms with Gasteiger partial charge in [-0.05, 0) is 63.8 Å². The number of carbonyl (C=O) groups excluding carboxylic acids is 1. The van der Waals surface area contributed by atoms with Crippen molar-refractivity contribution in [3.63, 3.8) is 0 Å². The molecule has 1 saturated carbocycles. The van der Waals surface area contributed by atoms with E-state index >= 15 is 0 Å². The number of aromatic nitrogens is 3. The fraction of sp³-hybridized carbons (Fsp3) is 0.571. The van der Waals surface area contributed by atoms with Gasteiger partial charge in [-0.3, -0.25) is 9.48 Å². The Balaban J connectivity index is 0.00000240. The summed E-state index contributed by atoms with van der Waals surface area (Å²) >= 11 is 0. The predicted molar refractivity (Wildman–Crippen MR) is 114 cm³/mol. The van der Waals surface area contributed by atoms with Crippen LogP contribution in [0.25, 0.3) is 0 Å². The van der Waals surface area contributed by atoms with Crippen LogP contribution in [-0.2, 0) is 6.54 Å². The van der Waals surface area contributed by atoms with E-state index in [-0.39, 0.29) is 24.4 Å². The molecule has 2 aromatic rings. The van der Waals surface area contributed by atoms with Crippen LogP contribution in [0.1, 0.15) is 61.6 Å². The highest BCUT2D eigenvalue weighted by atomic mass is 35.5. The zero-order chi connectivity index (χ0) is 19.5. The van der Waals surface area contributed by atoms with Crippen molar-refractivity contribution in [3.05, 3.63) is 41.9 Å². The van der Waals surface area contributed by atoms with Gasteiger partial charge in [-0.15, -0.1) is 12.4 Å². The lowest BCUT2D eigenvalue weighted by Gasteiger charge is -2.23. The molecule has 0 aromatic carbocycles. The highest BCUT2D eigenvalue weighted by Crippen LogP contribution is 2.30. The quantitative estimate of drug-likeness (QED) is 0.746. The first-order valence-electron chi connectivity index (χ1n) is 10.3. The first-order chi connectivity index (χ1) is 13.6. The number of halogens is 1. The molecule has 0 bridgehead atoms. The molecular formula is C21H30ClN5O2. The average Bonchev–Trinajstić information content (AvgIpc) is 3.41. The Labute approximate surface area is 178 Å². The Bertz CT molecular complexity index is 815. The Hall–Kier alpha value is -2.12. The minimum absolute atomic E-state index is 0. The Morgan fingerprint density at radius 3 is 2.86 bits per heavy atom. The van der Waals surface area contributed by atoms with Gasteiger partial charge >= 0.3 is 0 Å². The number of amides is 1. The van der Waals surface area contributed by atoms with E-state index in [4.69, 9.17) is 4.74 Å². The lowest BCUT2D eigenvalue weighted by atomic mass is 10.1. The second-order valence-electron chi connectivity index (χ2n) is 8.01. The van der Waals surface area contributed by atoms with Crippen molar-refractivity contribution < 1.29 is 9.53 Å². The zero-order valence-corrected chi connectivity index (χ0v) is 17.9. The highest BCUT2D eigenvalue weighted by molar-refractivity contribution is 5.92. The predicted octanol–water partition coefficient (Wildman–Crippen LogP) is 3.22. The zero-order valence-electron chi connectivity index (χ0n) is 17.1. The summed E-state index contributed by atoms with van der Waals surface area (Å²) in [6.45, 7) is 6.49. The number of hydrogen-bond acceptors (Lipinski definition) is 5. The van der Waals surface area contributed by atoms with E-state index in [1.54, 1.807) is 6.20 Å². The minimum Gasteiger partial charge on any atom is -0.475 e. The molecule has 4 rings (SSSR count). The molecule has 1 atom stereocenters. The van der Waals surface area contributed by atoms with Crippen molar-refractivity contribution in [2.75, 3.05) is 13.1 Å². The summed E-state index contributed by atoms with van der Waals surface area (Å²) in [5, 5.41) is 8.01. The summed E-state index contributed by atoms with van der Waals surface area (Å²) in [5.74, 6) is 0.609. The molecule has 7 nitrogen and oxygen atoms in total. The lowest BCUT2D eigenvalue weighted by Crippen LogP contribution is -2.34. The van der Waals surface area contributed by atoms with E-state index in [9.17, 15) is 4.79 Å². The third kappa shape index (κ3) is 5.48. The molecular weight excluding hydrogens is 390 g/mol. The van der Waals surface area contributed by atoms with E-state index in [2.05, 4.69) is 15.4 Å². The van der Waals surface area contributed by atoms with Crippen molar-refractivity contribution in [2.45, 2.75) is 64.3 Å². The van der Waals surface area contributed by atoms with E-state index in [0.29, 0.717) is 30.2 Å². The number of ether oxygens (including phenoxy) is 1. The number of hydrogen-bond donors (Lipinski definition) is 1. The Kier molecular flexibility index (Phi) is 7.14. The molecule has 8 heteroatoms. The normalized spacial score (nSPS) is 18.9. The van der Waals surface area contributed by atoms with Crippen molar-refractivity contribution in [2.24, 2.45) is 0 Å². The van der Waals surface area contributed by atoms with Gasteiger partial charge in [-0.1, -0.05) is 0 Å². The van der Waals surface area contributed by atoms with Crippen LogP contribution < -0.4 is 10.1 Å². The van der Waals surface area contributed by atoms with Gasteiger partial charge in [0.05, 0.1) is 12.1 Å². The summed E-state index contributed by atoms with van der Waals surface area (Å²) in [7, 11) is 0. The van der Waals surface area contributed by atoms with Gasteiger partial charge in [0, 0.05) is 37.6 Å². The first kappa shape index (κ1) is 21.6.